The Bertz CT molecular complexity index is 275. The lowest BCUT2D eigenvalue weighted by Gasteiger charge is -2.08. The summed E-state index contributed by atoms with van der Waals surface area (Å²) in [7, 11) is 0. The quantitative estimate of drug-likeness (QED) is 0.717. The number of aliphatic hydroxyl groups is 1. The molecule has 1 heterocycles. The molecule has 0 fully saturated rings. The second-order valence-corrected chi connectivity index (χ2v) is 3.32. The number of hydrogen-bond donors (Lipinski definition) is 1. The van der Waals surface area contributed by atoms with E-state index in [1.807, 2.05) is 19.9 Å². The van der Waals surface area contributed by atoms with Gasteiger partial charge in [0.2, 0.25) is 0 Å². The number of halogens is 1. The maximum atomic E-state index is 8.89. The van der Waals surface area contributed by atoms with Crippen molar-refractivity contribution in [2.45, 2.75) is 19.8 Å². The Balaban J connectivity index is 2.96. The first-order chi connectivity index (χ1) is 5.65. The minimum atomic E-state index is 0.133. The molecule has 0 aliphatic carbocycles. The van der Waals surface area contributed by atoms with E-state index in [0.717, 1.165) is 11.1 Å². The number of aromatic nitrogens is 1. The molecular weight excluding hydrogens is 174 g/mol. The molecule has 12 heavy (non-hydrogen) atoms. The van der Waals surface area contributed by atoms with Gasteiger partial charge in [-0.25, -0.2) is 4.98 Å². The molecule has 1 atom stereocenters. The molecule has 0 saturated carbocycles. The van der Waals surface area contributed by atoms with E-state index in [1.54, 1.807) is 6.20 Å². The van der Waals surface area contributed by atoms with E-state index in [9.17, 15) is 0 Å². The summed E-state index contributed by atoms with van der Waals surface area (Å²) in [5.74, 6) is 0.133. The Kier molecular flexibility index (Phi) is 3.06. The zero-order valence-corrected chi connectivity index (χ0v) is 7.97. The Morgan fingerprint density at radius 1 is 1.67 bits per heavy atom. The highest BCUT2D eigenvalue weighted by molar-refractivity contribution is 6.30. The molecule has 0 aromatic carbocycles. The van der Waals surface area contributed by atoms with Gasteiger partial charge in [0.25, 0.3) is 0 Å². The summed E-state index contributed by atoms with van der Waals surface area (Å²) in [6, 6.07) is 1.95. The van der Waals surface area contributed by atoms with Crippen LogP contribution in [0.4, 0.5) is 0 Å². The summed E-state index contributed by atoms with van der Waals surface area (Å²) in [4.78, 5) is 4.00. The van der Waals surface area contributed by atoms with Gasteiger partial charge in [-0.15, -0.1) is 0 Å². The van der Waals surface area contributed by atoms with Gasteiger partial charge in [-0.1, -0.05) is 24.6 Å². The zero-order valence-electron chi connectivity index (χ0n) is 7.21. The number of aryl methyl sites for hydroxylation is 1. The van der Waals surface area contributed by atoms with E-state index in [4.69, 9.17) is 16.7 Å². The van der Waals surface area contributed by atoms with Crippen LogP contribution < -0.4 is 0 Å². The number of nitrogens with zero attached hydrogens (tertiary/aromatic N) is 1. The molecule has 0 bridgehead atoms. The van der Waals surface area contributed by atoms with Gasteiger partial charge in [0.1, 0.15) is 5.15 Å². The van der Waals surface area contributed by atoms with E-state index in [2.05, 4.69) is 4.98 Å². The van der Waals surface area contributed by atoms with E-state index in [-0.39, 0.29) is 12.5 Å². The summed E-state index contributed by atoms with van der Waals surface area (Å²) in [5, 5.41) is 9.42. The van der Waals surface area contributed by atoms with Crippen LogP contribution >= 0.6 is 11.6 Å². The summed E-state index contributed by atoms with van der Waals surface area (Å²) in [6.07, 6.45) is 1.70. The minimum Gasteiger partial charge on any atom is -0.396 e. The SMILES string of the molecule is Cc1cc([C@@H](C)CO)cnc1Cl. The van der Waals surface area contributed by atoms with Crippen LogP contribution in [-0.2, 0) is 0 Å². The zero-order chi connectivity index (χ0) is 9.14. The number of rotatable bonds is 2. The van der Waals surface area contributed by atoms with Crippen LogP contribution in [0.1, 0.15) is 24.0 Å². The lowest BCUT2D eigenvalue weighted by Crippen LogP contribution is -2.00. The van der Waals surface area contributed by atoms with Crippen LogP contribution in [0.5, 0.6) is 0 Å². The highest BCUT2D eigenvalue weighted by atomic mass is 35.5. The van der Waals surface area contributed by atoms with E-state index in [1.165, 1.54) is 0 Å². The Morgan fingerprint density at radius 3 is 2.83 bits per heavy atom. The molecule has 1 aromatic rings. The fourth-order valence-corrected chi connectivity index (χ4v) is 1.06. The van der Waals surface area contributed by atoms with E-state index < -0.39 is 0 Å². The van der Waals surface area contributed by atoms with Gasteiger partial charge >= 0.3 is 0 Å². The van der Waals surface area contributed by atoms with Crippen molar-refractivity contribution >= 4 is 11.6 Å². The molecule has 66 valence electrons. The van der Waals surface area contributed by atoms with Crippen molar-refractivity contribution in [2.75, 3.05) is 6.61 Å². The van der Waals surface area contributed by atoms with Crippen molar-refractivity contribution in [3.8, 4) is 0 Å². The number of hydrogen-bond acceptors (Lipinski definition) is 2. The van der Waals surface area contributed by atoms with Gasteiger partial charge < -0.3 is 5.11 Å². The molecule has 0 saturated heterocycles. The molecular formula is C9H12ClNO. The fourth-order valence-electron chi connectivity index (χ4n) is 0.955. The average molecular weight is 186 g/mol. The average Bonchev–Trinajstić information content (AvgIpc) is 2.08. The lowest BCUT2D eigenvalue weighted by molar-refractivity contribution is 0.273. The van der Waals surface area contributed by atoms with Crippen LogP contribution in [-0.4, -0.2) is 16.7 Å². The lowest BCUT2D eigenvalue weighted by atomic mass is 10.0. The first-order valence-electron chi connectivity index (χ1n) is 3.88. The van der Waals surface area contributed by atoms with Gasteiger partial charge in [-0.05, 0) is 18.1 Å². The smallest absolute Gasteiger partial charge is 0.131 e. The van der Waals surface area contributed by atoms with Gasteiger partial charge in [0.15, 0.2) is 0 Å². The molecule has 3 heteroatoms. The highest BCUT2D eigenvalue weighted by Gasteiger charge is 2.05. The van der Waals surface area contributed by atoms with Crippen LogP contribution in [0, 0.1) is 6.92 Å². The second kappa shape index (κ2) is 3.87. The maximum Gasteiger partial charge on any atom is 0.131 e. The maximum absolute atomic E-state index is 8.89. The third kappa shape index (κ3) is 1.96. The van der Waals surface area contributed by atoms with Crippen LogP contribution in [0.25, 0.3) is 0 Å². The standard InChI is InChI=1S/C9H12ClNO/c1-6-3-8(7(2)5-12)4-11-9(6)10/h3-4,7,12H,5H2,1-2H3/t7-/m0/s1. The second-order valence-electron chi connectivity index (χ2n) is 2.96. The van der Waals surface area contributed by atoms with Crippen molar-refractivity contribution in [3.63, 3.8) is 0 Å². The summed E-state index contributed by atoms with van der Waals surface area (Å²) in [6.45, 7) is 4.00. The van der Waals surface area contributed by atoms with Gasteiger partial charge in [-0.3, -0.25) is 0 Å². The third-order valence-electron chi connectivity index (χ3n) is 1.88. The molecule has 1 rings (SSSR count). The van der Waals surface area contributed by atoms with Crippen molar-refractivity contribution in [1.29, 1.82) is 0 Å². The van der Waals surface area contributed by atoms with Crippen molar-refractivity contribution in [2.24, 2.45) is 0 Å². The number of aliphatic hydroxyl groups excluding tert-OH is 1. The molecule has 0 aliphatic heterocycles. The van der Waals surface area contributed by atoms with E-state index in [0.29, 0.717) is 5.15 Å². The van der Waals surface area contributed by atoms with Crippen LogP contribution in [0.2, 0.25) is 5.15 Å². The first kappa shape index (κ1) is 9.49. The minimum absolute atomic E-state index is 0.133. The molecule has 0 aliphatic rings. The fraction of sp³-hybridized carbons (Fsp3) is 0.444. The van der Waals surface area contributed by atoms with Crippen molar-refractivity contribution in [1.82, 2.24) is 4.98 Å². The topological polar surface area (TPSA) is 33.1 Å². The van der Waals surface area contributed by atoms with Crippen molar-refractivity contribution in [3.05, 3.63) is 28.5 Å². The largest absolute Gasteiger partial charge is 0.396 e. The van der Waals surface area contributed by atoms with Crippen molar-refractivity contribution < 1.29 is 5.11 Å². The Hall–Kier alpha value is -0.600. The molecule has 0 amide bonds. The Morgan fingerprint density at radius 2 is 2.33 bits per heavy atom. The molecule has 0 spiro atoms. The molecule has 1 N–H and O–H groups in total. The van der Waals surface area contributed by atoms with Gasteiger partial charge in [-0.2, -0.15) is 0 Å². The molecule has 1 aromatic heterocycles. The predicted octanol–water partition coefficient (Wildman–Crippen LogP) is 2.14. The van der Waals surface area contributed by atoms with Gasteiger partial charge in [0, 0.05) is 18.7 Å². The summed E-state index contributed by atoms with van der Waals surface area (Å²) >= 11 is 5.75. The van der Waals surface area contributed by atoms with E-state index >= 15 is 0 Å². The first-order valence-corrected chi connectivity index (χ1v) is 4.26. The normalized spacial score (nSPS) is 13.0. The molecule has 2 nitrogen and oxygen atoms in total. The monoisotopic (exact) mass is 185 g/mol. The molecule has 0 radical (unpaired) electrons. The predicted molar refractivity (Wildman–Crippen MR) is 49.5 cm³/mol. The molecule has 0 unspecified atom stereocenters. The van der Waals surface area contributed by atoms with Crippen LogP contribution in [0.15, 0.2) is 12.3 Å². The summed E-state index contributed by atoms with van der Waals surface area (Å²) in [5.41, 5.74) is 1.98. The Labute approximate surface area is 77.2 Å². The number of pyridine rings is 1. The van der Waals surface area contributed by atoms with Crippen LogP contribution in [0.3, 0.4) is 0 Å². The third-order valence-corrected chi connectivity index (χ3v) is 2.27. The summed E-state index contributed by atoms with van der Waals surface area (Å²) < 4.78 is 0. The highest BCUT2D eigenvalue weighted by Crippen LogP contribution is 2.18. The van der Waals surface area contributed by atoms with Gasteiger partial charge in [0.05, 0.1) is 0 Å².